The normalized spacial score (nSPS) is 23.0. The van der Waals surface area contributed by atoms with Crippen molar-refractivity contribution in [1.82, 2.24) is 4.98 Å². The number of rotatable bonds is 4. The van der Waals surface area contributed by atoms with Gasteiger partial charge in [-0.1, -0.05) is 13.3 Å². The molecule has 5 heteroatoms. The van der Waals surface area contributed by atoms with Crippen molar-refractivity contribution in [2.24, 2.45) is 11.8 Å². The first kappa shape index (κ1) is 12.8. The molecule has 2 N–H and O–H groups in total. The first-order chi connectivity index (χ1) is 8.58. The van der Waals surface area contributed by atoms with Crippen molar-refractivity contribution in [1.29, 1.82) is 0 Å². The summed E-state index contributed by atoms with van der Waals surface area (Å²) in [5.74, 6) is -0.771. The smallest absolute Gasteiger partial charge is 0.338 e. The number of aromatic carboxylic acids is 1. The minimum absolute atomic E-state index is 0.0365. The highest BCUT2D eigenvalue weighted by Crippen LogP contribution is 2.30. The monoisotopic (exact) mass is 252 g/mol. The molecule has 4 nitrogen and oxygen atoms in total. The van der Waals surface area contributed by atoms with Crippen LogP contribution in [0.2, 0.25) is 0 Å². The first-order valence-electron chi connectivity index (χ1n) is 6.19. The lowest BCUT2D eigenvalue weighted by Gasteiger charge is -2.12. The Morgan fingerprint density at radius 3 is 3.00 bits per heavy atom. The van der Waals surface area contributed by atoms with Crippen molar-refractivity contribution in [3.8, 4) is 0 Å². The third-order valence-corrected chi connectivity index (χ3v) is 3.48. The number of carboxylic acids is 1. The number of hydrogen-bond acceptors (Lipinski definition) is 3. The third kappa shape index (κ3) is 2.78. The molecule has 2 unspecified atom stereocenters. The molecule has 0 saturated heterocycles. The highest BCUT2D eigenvalue weighted by Gasteiger charge is 2.22. The van der Waals surface area contributed by atoms with Crippen molar-refractivity contribution < 1.29 is 14.3 Å². The zero-order chi connectivity index (χ0) is 13.1. The fourth-order valence-corrected chi connectivity index (χ4v) is 2.48. The second-order valence-corrected chi connectivity index (χ2v) is 4.99. The van der Waals surface area contributed by atoms with Crippen LogP contribution in [0.1, 0.15) is 36.5 Å². The van der Waals surface area contributed by atoms with E-state index in [1.54, 1.807) is 0 Å². The summed E-state index contributed by atoms with van der Waals surface area (Å²) in [6, 6.07) is 1.17. The Morgan fingerprint density at radius 1 is 1.61 bits per heavy atom. The molecule has 1 heterocycles. The summed E-state index contributed by atoms with van der Waals surface area (Å²) in [4.78, 5) is 14.6. The molecule has 1 aromatic heterocycles. The number of carbonyl (C=O) groups is 1. The molecule has 1 saturated carbocycles. The predicted molar refractivity (Wildman–Crippen MR) is 66.1 cm³/mol. The molecule has 0 aliphatic heterocycles. The van der Waals surface area contributed by atoms with E-state index < -0.39 is 11.8 Å². The second-order valence-electron chi connectivity index (χ2n) is 4.99. The lowest BCUT2D eigenvalue weighted by molar-refractivity contribution is 0.0692. The van der Waals surface area contributed by atoms with Crippen LogP contribution < -0.4 is 5.32 Å². The van der Waals surface area contributed by atoms with Crippen LogP contribution in [0.5, 0.6) is 0 Å². The van der Waals surface area contributed by atoms with Crippen molar-refractivity contribution in [2.45, 2.75) is 26.2 Å². The topological polar surface area (TPSA) is 62.2 Å². The lowest BCUT2D eigenvalue weighted by Crippen LogP contribution is -2.15. The Morgan fingerprint density at radius 2 is 2.39 bits per heavy atom. The number of aromatic nitrogens is 1. The molecule has 98 valence electrons. The number of carboxylic acid groups (broad SMARTS) is 1. The second kappa shape index (κ2) is 5.33. The molecule has 1 aromatic rings. The van der Waals surface area contributed by atoms with Crippen molar-refractivity contribution in [3.05, 3.63) is 23.6 Å². The molecule has 18 heavy (non-hydrogen) atoms. The van der Waals surface area contributed by atoms with E-state index in [9.17, 15) is 9.18 Å². The molecule has 0 amide bonds. The summed E-state index contributed by atoms with van der Waals surface area (Å²) in [5, 5.41) is 11.7. The summed E-state index contributed by atoms with van der Waals surface area (Å²) in [7, 11) is 0. The number of hydrogen-bond donors (Lipinski definition) is 2. The Balaban J connectivity index is 2.01. The highest BCUT2D eigenvalue weighted by atomic mass is 19.1. The minimum atomic E-state index is -1.27. The maximum absolute atomic E-state index is 13.8. The van der Waals surface area contributed by atoms with Crippen LogP contribution in [0.25, 0.3) is 0 Å². The van der Waals surface area contributed by atoms with Gasteiger partial charge >= 0.3 is 5.97 Å². The zero-order valence-electron chi connectivity index (χ0n) is 10.3. The quantitative estimate of drug-likeness (QED) is 0.865. The van der Waals surface area contributed by atoms with Gasteiger partial charge in [-0.3, -0.25) is 0 Å². The minimum Gasteiger partial charge on any atom is -0.478 e. The summed E-state index contributed by atoms with van der Waals surface area (Å²) in [6.45, 7) is 2.86. The SMILES string of the molecule is CC1CCC(CNc2nccc(C(=O)O)c2F)C1. The molecule has 0 aromatic carbocycles. The Bertz CT molecular complexity index is 451. The van der Waals surface area contributed by atoms with E-state index in [1.807, 2.05) is 0 Å². The fourth-order valence-electron chi connectivity index (χ4n) is 2.48. The molecule has 2 atom stereocenters. The number of nitrogens with zero attached hydrogens (tertiary/aromatic N) is 1. The van der Waals surface area contributed by atoms with Gasteiger partial charge in [0.15, 0.2) is 11.6 Å². The zero-order valence-corrected chi connectivity index (χ0v) is 10.3. The van der Waals surface area contributed by atoms with E-state index >= 15 is 0 Å². The molecular formula is C13H17FN2O2. The number of pyridine rings is 1. The van der Waals surface area contributed by atoms with Crippen molar-refractivity contribution in [2.75, 3.05) is 11.9 Å². The molecule has 1 fully saturated rings. The van der Waals surface area contributed by atoms with Gasteiger partial charge in [0.2, 0.25) is 0 Å². The highest BCUT2D eigenvalue weighted by molar-refractivity contribution is 5.88. The van der Waals surface area contributed by atoms with E-state index in [1.165, 1.54) is 18.7 Å². The van der Waals surface area contributed by atoms with E-state index in [4.69, 9.17) is 5.11 Å². The van der Waals surface area contributed by atoms with E-state index in [0.29, 0.717) is 12.5 Å². The van der Waals surface area contributed by atoms with Crippen LogP contribution in [0.3, 0.4) is 0 Å². The van der Waals surface area contributed by atoms with Crippen LogP contribution in [0, 0.1) is 17.7 Å². The first-order valence-corrected chi connectivity index (χ1v) is 6.19. The number of anilines is 1. The lowest BCUT2D eigenvalue weighted by atomic mass is 10.1. The summed E-state index contributed by atoms with van der Waals surface area (Å²) < 4.78 is 13.8. The van der Waals surface area contributed by atoms with Crippen molar-refractivity contribution >= 4 is 11.8 Å². The predicted octanol–water partition coefficient (Wildman–Crippen LogP) is 2.77. The number of halogens is 1. The largest absolute Gasteiger partial charge is 0.478 e. The van der Waals surface area contributed by atoms with E-state index in [0.717, 1.165) is 18.8 Å². The summed E-state index contributed by atoms with van der Waals surface area (Å²) in [6.07, 6.45) is 4.78. The maximum atomic E-state index is 13.8. The van der Waals surface area contributed by atoms with Gasteiger partial charge in [-0.2, -0.15) is 0 Å². The van der Waals surface area contributed by atoms with Gasteiger partial charge in [-0.25, -0.2) is 14.2 Å². The van der Waals surface area contributed by atoms with Gasteiger partial charge in [0, 0.05) is 12.7 Å². The van der Waals surface area contributed by atoms with Crippen LogP contribution in [0.15, 0.2) is 12.3 Å². The molecule has 1 aliphatic carbocycles. The molecule has 2 rings (SSSR count). The van der Waals surface area contributed by atoms with Gasteiger partial charge < -0.3 is 10.4 Å². The van der Waals surface area contributed by atoms with Gasteiger partial charge in [0.05, 0.1) is 0 Å². The van der Waals surface area contributed by atoms with Crippen LogP contribution in [-0.4, -0.2) is 22.6 Å². The van der Waals surface area contributed by atoms with Crippen LogP contribution in [0.4, 0.5) is 10.2 Å². The van der Waals surface area contributed by atoms with Gasteiger partial charge in [0.25, 0.3) is 0 Å². The fraction of sp³-hybridized carbons (Fsp3) is 0.538. The van der Waals surface area contributed by atoms with Gasteiger partial charge in [0.1, 0.15) is 5.56 Å². The van der Waals surface area contributed by atoms with Gasteiger partial charge in [-0.05, 0) is 30.7 Å². The van der Waals surface area contributed by atoms with Crippen molar-refractivity contribution in [3.63, 3.8) is 0 Å². The van der Waals surface area contributed by atoms with Crippen LogP contribution >= 0.6 is 0 Å². The average molecular weight is 252 g/mol. The molecule has 1 aliphatic rings. The van der Waals surface area contributed by atoms with Gasteiger partial charge in [-0.15, -0.1) is 0 Å². The summed E-state index contributed by atoms with van der Waals surface area (Å²) in [5.41, 5.74) is -0.340. The van der Waals surface area contributed by atoms with Crippen LogP contribution in [-0.2, 0) is 0 Å². The molecule has 0 spiro atoms. The maximum Gasteiger partial charge on any atom is 0.338 e. The average Bonchev–Trinajstić information content (AvgIpc) is 2.73. The molecular weight excluding hydrogens is 235 g/mol. The van der Waals surface area contributed by atoms with E-state index in [2.05, 4.69) is 17.2 Å². The Kier molecular flexibility index (Phi) is 3.79. The Labute approximate surface area is 105 Å². The van der Waals surface area contributed by atoms with E-state index in [-0.39, 0.29) is 11.4 Å². The number of nitrogens with one attached hydrogen (secondary N) is 1. The third-order valence-electron chi connectivity index (χ3n) is 3.48. The summed E-state index contributed by atoms with van der Waals surface area (Å²) >= 11 is 0. The molecule has 0 bridgehead atoms. The molecule has 0 radical (unpaired) electrons. The standard InChI is InChI=1S/C13H17FN2O2/c1-8-2-3-9(6-8)7-16-12-11(14)10(13(17)18)4-5-15-12/h4-5,8-9H,2-3,6-7H2,1H3,(H,15,16)(H,17,18). The Hall–Kier alpha value is -1.65.